The minimum absolute atomic E-state index is 0.0648. The van der Waals surface area contributed by atoms with Gasteiger partial charge in [-0.2, -0.15) is 0 Å². The fourth-order valence-corrected chi connectivity index (χ4v) is 8.10. The molecule has 0 radical (unpaired) electrons. The van der Waals surface area contributed by atoms with Crippen LogP contribution < -0.4 is 10.6 Å². The predicted octanol–water partition coefficient (Wildman–Crippen LogP) is 3.97. The van der Waals surface area contributed by atoms with Crippen LogP contribution in [0.5, 0.6) is 0 Å². The van der Waals surface area contributed by atoms with Gasteiger partial charge in [0.15, 0.2) is 0 Å². The Balaban J connectivity index is 1.13. The van der Waals surface area contributed by atoms with Crippen LogP contribution >= 0.6 is 11.3 Å². The zero-order valence-corrected chi connectivity index (χ0v) is 19.6. The molecular formula is C25H37N3O2S. The van der Waals surface area contributed by atoms with Crippen molar-refractivity contribution >= 4 is 23.2 Å². The molecule has 5 nitrogen and oxygen atoms in total. The molecular weight excluding hydrogens is 406 g/mol. The van der Waals surface area contributed by atoms with Crippen LogP contribution in [0, 0.1) is 29.1 Å². The summed E-state index contributed by atoms with van der Waals surface area (Å²) in [6.45, 7) is 5.21. The molecule has 2 amide bonds. The molecule has 2 heterocycles. The summed E-state index contributed by atoms with van der Waals surface area (Å²) in [7, 11) is 0. The second-order valence-electron chi connectivity index (χ2n) is 10.9. The highest BCUT2D eigenvalue weighted by Gasteiger charge is 2.54. The van der Waals surface area contributed by atoms with Crippen LogP contribution in [0.25, 0.3) is 0 Å². The number of thiophene rings is 1. The van der Waals surface area contributed by atoms with E-state index >= 15 is 0 Å². The fourth-order valence-electron chi connectivity index (χ4n) is 7.24. The lowest BCUT2D eigenvalue weighted by atomic mass is 9.49. The highest BCUT2D eigenvalue weighted by molar-refractivity contribution is 7.10. The molecule has 4 bridgehead atoms. The van der Waals surface area contributed by atoms with Crippen LogP contribution in [0.15, 0.2) is 17.5 Å². The van der Waals surface area contributed by atoms with Crippen molar-refractivity contribution in [1.82, 2.24) is 15.5 Å². The molecule has 6 rings (SSSR count). The summed E-state index contributed by atoms with van der Waals surface area (Å²) in [5.74, 6) is 3.08. The molecule has 1 aliphatic heterocycles. The van der Waals surface area contributed by atoms with E-state index in [0.29, 0.717) is 6.54 Å². The number of hydrogen-bond acceptors (Lipinski definition) is 4. The molecule has 1 aromatic heterocycles. The van der Waals surface area contributed by atoms with Gasteiger partial charge in [-0.15, -0.1) is 11.3 Å². The first-order valence-corrected chi connectivity index (χ1v) is 13.2. The molecule has 5 aliphatic rings. The van der Waals surface area contributed by atoms with E-state index in [1.165, 1.54) is 37.0 Å². The zero-order valence-electron chi connectivity index (χ0n) is 18.8. The summed E-state index contributed by atoms with van der Waals surface area (Å²) < 4.78 is 0. The summed E-state index contributed by atoms with van der Waals surface area (Å²) in [4.78, 5) is 29.6. The number of nitrogens with zero attached hydrogens (tertiary/aromatic N) is 1. The number of amides is 2. The number of carbonyl (C=O) groups is 2. The van der Waals surface area contributed by atoms with E-state index in [4.69, 9.17) is 0 Å². The van der Waals surface area contributed by atoms with E-state index in [1.54, 1.807) is 11.3 Å². The lowest BCUT2D eigenvalue weighted by Gasteiger charge is -2.55. The van der Waals surface area contributed by atoms with Gasteiger partial charge in [0.05, 0.1) is 12.6 Å². The smallest absolute Gasteiger partial charge is 0.239 e. The topological polar surface area (TPSA) is 61.4 Å². The SMILES string of the molecule is CC1CCN(C(CNC(=O)CNC(=O)C23CC4CC(CC(C4)C2)C3)c2cccs2)CC1. The highest BCUT2D eigenvalue weighted by Crippen LogP contribution is 2.60. The molecule has 31 heavy (non-hydrogen) atoms. The van der Waals surface area contributed by atoms with Crippen molar-refractivity contribution in [2.24, 2.45) is 29.1 Å². The van der Waals surface area contributed by atoms with E-state index in [0.717, 1.165) is 56.0 Å². The van der Waals surface area contributed by atoms with Gasteiger partial charge in [0.25, 0.3) is 0 Å². The van der Waals surface area contributed by atoms with Gasteiger partial charge in [-0.05, 0) is 99.6 Å². The Morgan fingerprint density at radius 3 is 2.32 bits per heavy atom. The Morgan fingerprint density at radius 1 is 1.10 bits per heavy atom. The Kier molecular flexibility index (Phi) is 6.13. The Hall–Kier alpha value is -1.40. The number of rotatable bonds is 7. The first-order valence-electron chi connectivity index (χ1n) is 12.3. The van der Waals surface area contributed by atoms with Crippen molar-refractivity contribution < 1.29 is 9.59 Å². The van der Waals surface area contributed by atoms with Gasteiger partial charge in [-0.3, -0.25) is 14.5 Å². The van der Waals surface area contributed by atoms with Crippen molar-refractivity contribution in [3.8, 4) is 0 Å². The molecule has 0 aromatic carbocycles. The minimum Gasteiger partial charge on any atom is -0.353 e. The molecule has 5 fully saturated rings. The van der Waals surface area contributed by atoms with Crippen LogP contribution in [0.3, 0.4) is 0 Å². The van der Waals surface area contributed by atoms with Crippen molar-refractivity contribution in [2.45, 2.75) is 64.3 Å². The lowest BCUT2D eigenvalue weighted by Crippen LogP contribution is -2.54. The van der Waals surface area contributed by atoms with Gasteiger partial charge in [-0.25, -0.2) is 0 Å². The maximum atomic E-state index is 13.1. The molecule has 4 aliphatic carbocycles. The van der Waals surface area contributed by atoms with E-state index in [9.17, 15) is 9.59 Å². The highest BCUT2D eigenvalue weighted by atomic mass is 32.1. The second-order valence-corrected chi connectivity index (χ2v) is 11.9. The van der Waals surface area contributed by atoms with Gasteiger partial charge in [-0.1, -0.05) is 13.0 Å². The summed E-state index contributed by atoms with van der Waals surface area (Å²) in [5, 5.41) is 8.25. The van der Waals surface area contributed by atoms with E-state index in [1.807, 2.05) is 0 Å². The van der Waals surface area contributed by atoms with Crippen molar-refractivity contribution in [2.75, 3.05) is 26.2 Å². The van der Waals surface area contributed by atoms with E-state index < -0.39 is 0 Å². The van der Waals surface area contributed by atoms with E-state index in [-0.39, 0.29) is 29.8 Å². The molecule has 170 valence electrons. The molecule has 6 heteroatoms. The first-order chi connectivity index (χ1) is 15.0. The summed E-state index contributed by atoms with van der Waals surface area (Å²) in [5.41, 5.74) is -0.182. The van der Waals surface area contributed by atoms with Crippen molar-refractivity contribution in [3.63, 3.8) is 0 Å². The summed E-state index contributed by atoms with van der Waals surface area (Å²) in [6.07, 6.45) is 9.54. The maximum absolute atomic E-state index is 13.1. The third kappa shape index (κ3) is 4.56. The lowest BCUT2D eigenvalue weighted by molar-refractivity contribution is -0.147. The quantitative estimate of drug-likeness (QED) is 0.670. The Bertz CT molecular complexity index is 749. The Morgan fingerprint density at radius 2 is 1.74 bits per heavy atom. The van der Waals surface area contributed by atoms with Crippen molar-refractivity contribution in [1.29, 1.82) is 0 Å². The third-order valence-electron chi connectivity index (χ3n) is 8.55. The van der Waals surface area contributed by atoms with Crippen LogP contribution in [0.2, 0.25) is 0 Å². The van der Waals surface area contributed by atoms with Crippen LogP contribution in [-0.4, -0.2) is 42.9 Å². The summed E-state index contributed by atoms with van der Waals surface area (Å²) in [6, 6.07) is 4.50. The molecule has 0 spiro atoms. The largest absolute Gasteiger partial charge is 0.353 e. The molecule has 1 aromatic rings. The van der Waals surface area contributed by atoms with Gasteiger partial charge < -0.3 is 10.6 Å². The van der Waals surface area contributed by atoms with Crippen LogP contribution in [0.4, 0.5) is 0 Å². The normalized spacial score (nSPS) is 33.9. The zero-order chi connectivity index (χ0) is 21.4. The molecule has 2 N–H and O–H groups in total. The van der Waals surface area contributed by atoms with Gasteiger partial charge in [0, 0.05) is 16.8 Å². The monoisotopic (exact) mass is 443 g/mol. The maximum Gasteiger partial charge on any atom is 0.239 e. The number of carbonyl (C=O) groups excluding carboxylic acids is 2. The number of hydrogen-bond donors (Lipinski definition) is 2. The average Bonchev–Trinajstić information content (AvgIpc) is 3.27. The van der Waals surface area contributed by atoms with Crippen LogP contribution in [-0.2, 0) is 9.59 Å². The van der Waals surface area contributed by atoms with Crippen LogP contribution in [0.1, 0.15) is 69.2 Å². The van der Waals surface area contributed by atoms with Gasteiger partial charge in [0.1, 0.15) is 0 Å². The molecule has 1 unspecified atom stereocenters. The standard InChI is InChI=1S/C25H37N3O2S/c1-17-4-6-28(7-5-17)21(22-3-2-8-31-22)15-26-23(29)16-27-24(30)25-12-18-9-19(13-25)11-20(10-18)14-25/h2-3,8,17-21H,4-7,9-16H2,1H3,(H,26,29)(H,27,30). The molecule has 1 saturated heterocycles. The second kappa shape index (κ2) is 8.86. The fraction of sp³-hybridized carbons (Fsp3) is 0.760. The predicted molar refractivity (Wildman–Crippen MR) is 124 cm³/mol. The number of likely N-dealkylation sites (tertiary alicyclic amines) is 1. The molecule has 1 atom stereocenters. The average molecular weight is 444 g/mol. The third-order valence-corrected chi connectivity index (χ3v) is 9.53. The molecule has 4 saturated carbocycles. The van der Waals surface area contributed by atoms with Gasteiger partial charge in [0.2, 0.25) is 11.8 Å². The first kappa shape index (κ1) is 21.4. The van der Waals surface area contributed by atoms with Crippen molar-refractivity contribution in [3.05, 3.63) is 22.4 Å². The van der Waals surface area contributed by atoms with E-state index in [2.05, 4.69) is 40.0 Å². The Labute approximate surface area is 190 Å². The number of piperidine rings is 1. The van der Waals surface area contributed by atoms with Gasteiger partial charge >= 0.3 is 0 Å². The minimum atomic E-state index is -0.182. The summed E-state index contributed by atoms with van der Waals surface area (Å²) >= 11 is 1.76. The number of nitrogens with one attached hydrogen (secondary N) is 2.